The van der Waals surface area contributed by atoms with Crippen LogP contribution in [0, 0.1) is 0 Å². The molecule has 0 unspecified atom stereocenters. The van der Waals surface area contributed by atoms with Gasteiger partial charge in [0.2, 0.25) is 0 Å². The van der Waals surface area contributed by atoms with Gasteiger partial charge in [-0.1, -0.05) is 0 Å². The Morgan fingerprint density at radius 1 is 0.633 bits per heavy atom. The van der Waals surface area contributed by atoms with Gasteiger partial charge in [0.25, 0.3) is 0 Å². The van der Waals surface area contributed by atoms with Crippen molar-refractivity contribution in [1.82, 2.24) is 19.6 Å². The smallest absolute Gasteiger partial charge is 0.320 e. The second-order valence-electron chi connectivity index (χ2n) is 7.49. The summed E-state index contributed by atoms with van der Waals surface area (Å²) >= 11 is 5.21. The Kier molecular flexibility index (Phi) is 11.1. The predicted octanol–water partition coefficient (Wildman–Crippen LogP) is 2.74. The Morgan fingerprint density at radius 3 is 1.27 bits per heavy atom. The maximum absolute atomic E-state index is 5.21. The summed E-state index contributed by atoms with van der Waals surface area (Å²) in [4.78, 5) is 9.48. The minimum Gasteiger partial charge on any atom is -0.348 e. The van der Waals surface area contributed by atoms with Crippen molar-refractivity contribution in [3.8, 4) is 0 Å². The second kappa shape index (κ2) is 13.0. The topological polar surface area (TPSA) is 19.0 Å². The van der Waals surface area contributed by atoms with Crippen molar-refractivity contribution in [2.45, 2.75) is 41.5 Å². The Bertz CT molecular complexity index is 584. The SMILES string of the molecule is CCN1CCN(CC)C1=S.CCN1CC[N+](CC)=C1SSC1=[N+](CC)CCN1CC. The Labute approximate surface area is 197 Å². The molecule has 3 aliphatic heterocycles. The van der Waals surface area contributed by atoms with Gasteiger partial charge >= 0.3 is 10.3 Å². The summed E-state index contributed by atoms with van der Waals surface area (Å²) < 4.78 is 5.01. The first-order valence-corrected chi connectivity index (χ1v) is 14.2. The zero-order valence-corrected chi connectivity index (χ0v) is 22.3. The molecule has 0 atom stereocenters. The first kappa shape index (κ1) is 25.6. The van der Waals surface area contributed by atoms with Crippen molar-refractivity contribution in [2.24, 2.45) is 0 Å². The fourth-order valence-corrected chi connectivity index (χ4v) is 7.55. The molecule has 1 fully saturated rings. The quantitative estimate of drug-likeness (QED) is 0.331. The van der Waals surface area contributed by atoms with Crippen LogP contribution < -0.4 is 0 Å². The van der Waals surface area contributed by atoms with Gasteiger partial charge in [-0.15, -0.1) is 0 Å². The van der Waals surface area contributed by atoms with E-state index in [9.17, 15) is 0 Å². The van der Waals surface area contributed by atoms with Crippen molar-refractivity contribution in [2.75, 3.05) is 78.5 Å². The molecular formula is C21H42N6S3+2. The first-order valence-electron chi connectivity index (χ1n) is 11.7. The molecule has 3 aliphatic rings. The molecule has 0 aromatic heterocycles. The molecule has 6 nitrogen and oxygen atoms in total. The highest BCUT2D eigenvalue weighted by molar-refractivity contribution is 8.87. The molecule has 1 saturated heterocycles. The van der Waals surface area contributed by atoms with E-state index in [-0.39, 0.29) is 0 Å². The van der Waals surface area contributed by atoms with Crippen molar-refractivity contribution < 1.29 is 9.15 Å². The maximum Gasteiger partial charge on any atom is 0.320 e. The van der Waals surface area contributed by atoms with E-state index in [0.29, 0.717) is 0 Å². The van der Waals surface area contributed by atoms with Crippen molar-refractivity contribution in [3.05, 3.63) is 0 Å². The lowest BCUT2D eigenvalue weighted by molar-refractivity contribution is -0.512. The lowest BCUT2D eigenvalue weighted by Crippen LogP contribution is -2.31. The van der Waals surface area contributed by atoms with Crippen LogP contribution in [0.5, 0.6) is 0 Å². The Morgan fingerprint density at radius 2 is 1.00 bits per heavy atom. The van der Waals surface area contributed by atoms with Gasteiger partial charge in [-0.05, 0) is 53.8 Å². The van der Waals surface area contributed by atoms with Gasteiger partial charge in [-0.25, -0.2) is 0 Å². The van der Waals surface area contributed by atoms with Gasteiger partial charge in [0.1, 0.15) is 26.2 Å². The standard InChI is InChI=1S/C14H28N4S2.C7H14N2S/c1-5-15-9-10-16(6-2)13(15)19-20-14-17(7-3)11-12-18(14)8-4;1-3-8-5-6-9(4-2)7(8)10/h5-12H2,1-4H3;3-6H2,1-2H3/q+2;. The van der Waals surface area contributed by atoms with Crippen LogP contribution in [0.25, 0.3) is 0 Å². The fraction of sp³-hybridized carbons (Fsp3) is 0.857. The lowest BCUT2D eigenvalue weighted by atomic mass is 10.5. The van der Waals surface area contributed by atoms with E-state index < -0.39 is 0 Å². The predicted molar refractivity (Wildman–Crippen MR) is 138 cm³/mol. The lowest BCUT2D eigenvalue weighted by Gasteiger charge is -2.18. The Hall–Kier alpha value is -0.670. The van der Waals surface area contributed by atoms with Crippen molar-refractivity contribution >= 4 is 49.3 Å². The molecule has 9 heteroatoms. The number of thiocarbonyl (C=S) groups is 1. The van der Waals surface area contributed by atoms with E-state index in [1.54, 1.807) is 0 Å². The summed E-state index contributed by atoms with van der Waals surface area (Å²) in [5, 5.41) is 3.93. The molecule has 3 rings (SSSR count). The van der Waals surface area contributed by atoms with E-state index in [2.05, 4.69) is 70.3 Å². The van der Waals surface area contributed by atoms with E-state index >= 15 is 0 Å². The van der Waals surface area contributed by atoms with Gasteiger partial charge in [-0.2, -0.15) is 0 Å². The molecule has 0 spiro atoms. The average molecular weight is 475 g/mol. The van der Waals surface area contributed by atoms with Crippen LogP contribution in [-0.2, 0) is 0 Å². The molecule has 30 heavy (non-hydrogen) atoms. The maximum atomic E-state index is 5.21. The molecular weight excluding hydrogens is 432 g/mol. The number of amidine groups is 2. The van der Waals surface area contributed by atoms with Gasteiger partial charge in [0.15, 0.2) is 5.11 Å². The van der Waals surface area contributed by atoms with Crippen LogP contribution in [0.3, 0.4) is 0 Å². The fourth-order valence-electron chi connectivity index (χ4n) is 3.94. The zero-order valence-electron chi connectivity index (χ0n) is 19.9. The summed E-state index contributed by atoms with van der Waals surface area (Å²) in [6.07, 6.45) is 0. The molecule has 0 amide bonds. The van der Waals surface area contributed by atoms with E-state index in [4.69, 9.17) is 12.2 Å². The third-order valence-electron chi connectivity index (χ3n) is 6.02. The summed E-state index contributed by atoms with van der Waals surface area (Å²) in [5.74, 6) is 0. The Balaban J connectivity index is 0.000000269. The van der Waals surface area contributed by atoms with Gasteiger partial charge in [0.05, 0.1) is 26.2 Å². The number of nitrogens with zero attached hydrogens (tertiary/aromatic N) is 6. The monoisotopic (exact) mass is 474 g/mol. The molecule has 0 saturated carbocycles. The number of likely N-dealkylation sites (N-methyl/N-ethyl adjacent to an activating group) is 6. The van der Waals surface area contributed by atoms with Crippen LogP contribution >= 0.6 is 33.8 Å². The highest BCUT2D eigenvalue weighted by atomic mass is 33.1. The molecule has 0 aromatic carbocycles. The molecule has 0 N–H and O–H groups in total. The molecule has 0 bridgehead atoms. The number of hydrogen-bond donors (Lipinski definition) is 0. The minimum absolute atomic E-state index is 1.03. The van der Waals surface area contributed by atoms with E-state index in [0.717, 1.165) is 57.5 Å². The number of rotatable bonds is 6. The van der Waals surface area contributed by atoms with Crippen molar-refractivity contribution in [3.63, 3.8) is 0 Å². The first-order chi connectivity index (χ1) is 14.5. The summed E-state index contributed by atoms with van der Waals surface area (Å²) in [6.45, 7) is 26.8. The summed E-state index contributed by atoms with van der Waals surface area (Å²) in [7, 11) is 3.90. The summed E-state index contributed by atoms with van der Waals surface area (Å²) in [6, 6.07) is 0. The zero-order chi connectivity index (χ0) is 22.1. The highest BCUT2D eigenvalue weighted by Crippen LogP contribution is 2.30. The van der Waals surface area contributed by atoms with E-state index in [1.807, 2.05) is 21.6 Å². The van der Waals surface area contributed by atoms with E-state index in [1.165, 1.54) is 36.5 Å². The van der Waals surface area contributed by atoms with Crippen molar-refractivity contribution in [1.29, 1.82) is 0 Å². The molecule has 3 heterocycles. The highest BCUT2D eigenvalue weighted by Gasteiger charge is 2.34. The van der Waals surface area contributed by atoms with Crippen LogP contribution in [0.2, 0.25) is 0 Å². The third-order valence-corrected chi connectivity index (χ3v) is 9.10. The molecule has 0 radical (unpaired) electrons. The molecule has 0 aliphatic carbocycles. The molecule has 0 aromatic rings. The van der Waals surface area contributed by atoms with Gasteiger partial charge in [-0.3, -0.25) is 19.0 Å². The second-order valence-corrected chi connectivity index (χ2v) is 9.92. The third kappa shape index (κ3) is 6.19. The van der Waals surface area contributed by atoms with Crippen LogP contribution in [0.1, 0.15) is 41.5 Å². The molecule has 172 valence electrons. The van der Waals surface area contributed by atoms with Crippen LogP contribution in [0.15, 0.2) is 0 Å². The van der Waals surface area contributed by atoms with Gasteiger partial charge < -0.3 is 9.80 Å². The van der Waals surface area contributed by atoms with Crippen LogP contribution in [-0.4, -0.2) is 123 Å². The normalized spacial score (nSPS) is 19.5. The number of hydrogen-bond acceptors (Lipinski definition) is 5. The van der Waals surface area contributed by atoms with Gasteiger partial charge in [0, 0.05) is 47.8 Å². The van der Waals surface area contributed by atoms with Crippen LogP contribution in [0.4, 0.5) is 0 Å². The largest absolute Gasteiger partial charge is 0.348 e. The summed E-state index contributed by atoms with van der Waals surface area (Å²) in [5.41, 5.74) is 0. The minimum atomic E-state index is 1.03. The average Bonchev–Trinajstić information content (AvgIpc) is 3.47.